The van der Waals surface area contributed by atoms with Gasteiger partial charge in [-0.05, 0) is 50.7 Å². The van der Waals surface area contributed by atoms with Crippen molar-refractivity contribution in [3.63, 3.8) is 0 Å². The molecule has 1 amide bonds. The molecule has 0 fully saturated rings. The highest BCUT2D eigenvalue weighted by Gasteiger charge is 2.27. The van der Waals surface area contributed by atoms with Crippen LogP contribution in [0.1, 0.15) is 59.9 Å². The Morgan fingerprint density at radius 1 is 1.23 bits per heavy atom. The summed E-state index contributed by atoms with van der Waals surface area (Å²) in [6.45, 7) is 6.35. The predicted octanol–water partition coefficient (Wildman–Crippen LogP) is 3.61. The third kappa shape index (κ3) is 4.15. The minimum Gasteiger partial charge on any atom is -0.381 e. The van der Waals surface area contributed by atoms with E-state index in [9.17, 15) is 4.79 Å². The van der Waals surface area contributed by atoms with E-state index in [0.717, 1.165) is 56.4 Å². The highest BCUT2D eigenvalue weighted by Crippen LogP contribution is 2.28. The Balaban J connectivity index is 1.64. The van der Waals surface area contributed by atoms with Gasteiger partial charge >= 0.3 is 0 Å². The lowest BCUT2D eigenvalue weighted by molar-refractivity contribution is 0.0934. The van der Waals surface area contributed by atoms with E-state index < -0.39 is 0 Å². The first-order valence-electron chi connectivity index (χ1n) is 9.75. The number of aromatic nitrogens is 2. The normalized spacial score (nSPS) is 13.0. The van der Waals surface area contributed by atoms with Gasteiger partial charge in [0.25, 0.3) is 5.91 Å². The van der Waals surface area contributed by atoms with Crippen LogP contribution in [0.3, 0.4) is 0 Å². The number of rotatable bonds is 9. The zero-order chi connectivity index (χ0) is 18.4. The van der Waals surface area contributed by atoms with Crippen LogP contribution in [0.4, 0.5) is 0 Å². The Kier molecular flexibility index (Phi) is 6.45. The lowest BCUT2D eigenvalue weighted by Crippen LogP contribution is -2.26. The number of aryl methyl sites for hydroxylation is 1. The summed E-state index contributed by atoms with van der Waals surface area (Å²) in [6, 6.07) is 8.19. The zero-order valence-corrected chi connectivity index (χ0v) is 15.9. The quantitative estimate of drug-likeness (QED) is 0.699. The summed E-state index contributed by atoms with van der Waals surface area (Å²) in [5.41, 5.74) is 5.12. The monoisotopic (exact) mass is 355 g/mol. The van der Waals surface area contributed by atoms with Crippen LogP contribution in [0.25, 0.3) is 5.69 Å². The summed E-state index contributed by atoms with van der Waals surface area (Å²) in [6.07, 6.45) is 6.07. The first-order chi connectivity index (χ1) is 12.7. The molecule has 1 aliphatic rings. The largest absolute Gasteiger partial charge is 0.381 e. The standard InChI is InChI=1S/C21H29N3O2/c1-3-4-14-26-15-8-13-22-21(25)20-17-10-7-12-19(17)24(23-20)18-11-6-5-9-16(18)2/h5-6,9,11H,3-4,7-8,10,12-15H2,1-2H3,(H,22,25). The summed E-state index contributed by atoms with van der Waals surface area (Å²) in [5.74, 6) is -0.0657. The molecule has 2 aromatic rings. The van der Waals surface area contributed by atoms with Crippen LogP contribution in [0, 0.1) is 6.92 Å². The molecule has 1 aliphatic carbocycles. The molecule has 0 bridgehead atoms. The zero-order valence-electron chi connectivity index (χ0n) is 15.9. The molecule has 0 saturated carbocycles. The van der Waals surface area contributed by atoms with Gasteiger partial charge in [0.1, 0.15) is 0 Å². The van der Waals surface area contributed by atoms with E-state index in [4.69, 9.17) is 4.74 Å². The smallest absolute Gasteiger partial charge is 0.272 e. The number of hydrogen-bond acceptors (Lipinski definition) is 3. The molecule has 140 valence electrons. The molecule has 0 aliphatic heterocycles. The van der Waals surface area contributed by atoms with Crippen LogP contribution in [0.15, 0.2) is 24.3 Å². The third-order valence-electron chi connectivity index (χ3n) is 4.88. The van der Waals surface area contributed by atoms with Crippen LogP contribution in [-0.4, -0.2) is 35.4 Å². The molecule has 0 saturated heterocycles. The summed E-state index contributed by atoms with van der Waals surface area (Å²) >= 11 is 0. The third-order valence-corrected chi connectivity index (χ3v) is 4.88. The van der Waals surface area contributed by atoms with Crippen molar-refractivity contribution in [1.82, 2.24) is 15.1 Å². The minimum atomic E-state index is -0.0657. The van der Waals surface area contributed by atoms with E-state index >= 15 is 0 Å². The molecule has 1 aromatic carbocycles. The van der Waals surface area contributed by atoms with E-state index in [1.54, 1.807) is 0 Å². The summed E-state index contributed by atoms with van der Waals surface area (Å²) in [4.78, 5) is 12.6. The second kappa shape index (κ2) is 8.99. The Morgan fingerprint density at radius 2 is 2.04 bits per heavy atom. The Morgan fingerprint density at radius 3 is 2.85 bits per heavy atom. The average molecular weight is 355 g/mol. The number of carbonyl (C=O) groups is 1. The molecular weight excluding hydrogens is 326 g/mol. The predicted molar refractivity (Wildman–Crippen MR) is 103 cm³/mol. The van der Waals surface area contributed by atoms with Crippen molar-refractivity contribution in [2.24, 2.45) is 0 Å². The average Bonchev–Trinajstić information content (AvgIpc) is 3.24. The molecule has 0 unspecified atom stereocenters. The topological polar surface area (TPSA) is 56.1 Å². The van der Waals surface area contributed by atoms with Gasteiger partial charge in [-0.3, -0.25) is 4.79 Å². The van der Waals surface area contributed by atoms with Gasteiger partial charge in [-0.25, -0.2) is 4.68 Å². The van der Waals surface area contributed by atoms with Gasteiger partial charge < -0.3 is 10.1 Å². The van der Waals surface area contributed by atoms with Crippen LogP contribution >= 0.6 is 0 Å². The molecule has 1 N–H and O–H groups in total. The minimum absolute atomic E-state index is 0.0657. The Labute approximate surface area is 155 Å². The number of amides is 1. The molecule has 5 nitrogen and oxygen atoms in total. The summed E-state index contributed by atoms with van der Waals surface area (Å²) < 4.78 is 7.51. The highest BCUT2D eigenvalue weighted by molar-refractivity contribution is 5.94. The maximum Gasteiger partial charge on any atom is 0.272 e. The second-order valence-electron chi connectivity index (χ2n) is 6.90. The van der Waals surface area contributed by atoms with E-state index in [0.29, 0.717) is 18.8 Å². The van der Waals surface area contributed by atoms with E-state index in [2.05, 4.69) is 36.4 Å². The number of unbranched alkanes of at least 4 members (excludes halogenated alkanes) is 1. The number of nitrogens with zero attached hydrogens (tertiary/aromatic N) is 2. The molecule has 5 heteroatoms. The van der Waals surface area contributed by atoms with E-state index in [1.165, 1.54) is 11.3 Å². The molecule has 0 atom stereocenters. The lowest BCUT2D eigenvalue weighted by atomic mass is 10.2. The van der Waals surface area contributed by atoms with Gasteiger partial charge in [0.05, 0.1) is 5.69 Å². The van der Waals surface area contributed by atoms with Gasteiger partial charge in [-0.15, -0.1) is 0 Å². The van der Waals surface area contributed by atoms with Gasteiger partial charge in [0.2, 0.25) is 0 Å². The van der Waals surface area contributed by atoms with Crippen molar-refractivity contribution in [3.8, 4) is 5.69 Å². The Hall–Kier alpha value is -2.14. The summed E-state index contributed by atoms with van der Waals surface area (Å²) in [7, 11) is 0. The highest BCUT2D eigenvalue weighted by atomic mass is 16.5. The van der Waals surface area contributed by atoms with Crippen molar-refractivity contribution < 1.29 is 9.53 Å². The molecule has 1 aromatic heterocycles. The number of hydrogen-bond donors (Lipinski definition) is 1. The van der Waals surface area contributed by atoms with Gasteiger partial charge in [-0.2, -0.15) is 5.10 Å². The van der Waals surface area contributed by atoms with Crippen molar-refractivity contribution in [2.45, 2.75) is 52.4 Å². The first kappa shape index (κ1) is 18.6. The lowest BCUT2D eigenvalue weighted by Gasteiger charge is -2.08. The fourth-order valence-electron chi connectivity index (χ4n) is 3.43. The SMILES string of the molecule is CCCCOCCCNC(=O)c1nn(-c2ccccc2C)c2c1CCC2. The molecule has 3 rings (SSSR count). The number of fused-ring (bicyclic) bond motifs is 1. The maximum atomic E-state index is 12.6. The first-order valence-corrected chi connectivity index (χ1v) is 9.75. The van der Waals surface area contributed by atoms with Crippen molar-refractivity contribution in [2.75, 3.05) is 19.8 Å². The van der Waals surface area contributed by atoms with E-state index in [1.807, 2.05) is 16.8 Å². The van der Waals surface area contributed by atoms with Crippen molar-refractivity contribution in [1.29, 1.82) is 0 Å². The number of carbonyl (C=O) groups excluding carboxylic acids is 1. The fraction of sp³-hybridized carbons (Fsp3) is 0.524. The molecular formula is C21H29N3O2. The fourth-order valence-corrected chi connectivity index (χ4v) is 3.43. The molecule has 1 heterocycles. The second-order valence-corrected chi connectivity index (χ2v) is 6.90. The Bertz CT molecular complexity index is 752. The maximum absolute atomic E-state index is 12.6. The van der Waals surface area contributed by atoms with Crippen molar-refractivity contribution in [3.05, 3.63) is 46.8 Å². The van der Waals surface area contributed by atoms with Crippen LogP contribution in [0.5, 0.6) is 0 Å². The number of nitrogens with one attached hydrogen (secondary N) is 1. The summed E-state index contributed by atoms with van der Waals surface area (Å²) in [5, 5.41) is 7.68. The molecule has 0 radical (unpaired) electrons. The number of benzene rings is 1. The van der Waals surface area contributed by atoms with Crippen molar-refractivity contribution >= 4 is 5.91 Å². The van der Waals surface area contributed by atoms with Crippen LogP contribution in [0.2, 0.25) is 0 Å². The number of para-hydroxylation sites is 1. The van der Waals surface area contributed by atoms with Crippen LogP contribution < -0.4 is 5.32 Å². The van der Waals surface area contributed by atoms with E-state index in [-0.39, 0.29) is 5.91 Å². The van der Waals surface area contributed by atoms with Gasteiger partial charge in [0.15, 0.2) is 5.69 Å². The molecule has 0 spiro atoms. The van der Waals surface area contributed by atoms with Crippen LogP contribution in [-0.2, 0) is 17.6 Å². The number of ether oxygens (including phenoxy) is 1. The van der Waals surface area contributed by atoms with Gasteiger partial charge in [-0.1, -0.05) is 31.5 Å². The molecule has 26 heavy (non-hydrogen) atoms. The van der Waals surface area contributed by atoms with Gasteiger partial charge in [0, 0.05) is 31.0 Å².